The minimum Gasteiger partial charge on any atom is -0.507 e. The maximum atomic E-state index is 13.2. The van der Waals surface area contributed by atoms with Crippen LogP contribution >= 0.6 is 0 Å². The highest BCUT2D eigenvalue weighted by Crippen LogP contribution is 2.29. The predicted molar refractivity (Wildman–Crippen MR) is 94.6 cm³/mol. The third-order valence-electron chi connectivity index (χ3n) is 4.26. The van der Waals surface area contributed by atoms with Crippen LogP contribution in [0.15, 0.2) is 48.5 Å². The van der Waals surface area contributed by atoms with E-state index >= 15 is 0 Å². The molecule has 3 nitrogen and oxygen atoms in total. The number of hydrogen-bond donors (Lipinski definition) is 3. The van der Waals surface area contributed by atoms with E-state index in [0.717, 1.165) is 11.1 Å². The molecule has 134 valence electrons. The summed E-state index contributed by atoms with van der Waals surface area (Å²) in [5, 5.41) is 29.3. The van der Waals surface area contributed by atoms with Gasteiger partial charge < -0.3 is 15.3 Å². The first-order valence-corrected chi connectivity index (χ1v) is 8.09. The van der Waals surface area contributed by atoms with Gasteiger partial charge in [-0.25, -0.2) is 8.78 Å². The van der Waals surface area contributed by atoms with Crippen molar-refractivity contribution in [3.8, 4) is 17.2 Å². The average Bonchev–Trinajstić information content (AvgIpc) is 2.59. The first-order chi connectivity index (χ1) is 12.3. The van der Waals surface area contributed by atoms with Gasteiger partial charge in [-0.3, -0.25) is 0 Å². The molecule has 0 atom stereocenters. The van der Waals surface area contributed by atoms with E-state index in [1.54, 1.807) is 19.1 Å². The van der Waals surface area contributed by atoms with Crippen LogP contribution < -0.4 is 0 Å². The highest BCUT2D eigenvalue weighted by molar-refractivity contribution is 5.47. The third kappa shape index (κ3) is 3.77. The monoisotopic (exact) mass is 356 g/mol. The minimum absolute atomic E-state index is 0.138. The lowest BCUT2D eigenvalue weighted by atomic mass is 9.95. The van der Waals surface area contributed by atoms with Crippen LogP contribution in [0.3, 0.4) is 0 Å². The van der Waals surface area contributed by atoms with Crippen LogP contribution in [-0.4, -0.2) is 15.3 Å². The number of halogens is 2. The Morgan fingerprint density at radius 1 is 0.692 bits per heavy atom. The maximum absolute atomic E-state index is 13.2. The molecule has 3 rings (SSSR count). The molecule has 26 heavy (non-hydrogen) atoms. The second kappa shape index (κ2) is 7.04. The number of benzene rings is 3. The Balaban J connectivity index is 1.91. The second-order valence-corrected chi connectivity index (χ2v) is 6.35. The summed E-state index contributed by atoms with van der Waals surface area (Å²) in [5.74, 6) is -2.07. The third-order valence-corrected chi connectivity index (χ3v) is 4.26. The summed E-state index contributed by atoms with van der Waals surface area (Å²) < 4.78 is 26.4. The molecule has 0 bridgehead atoms. The van der Waals surface area contributed by atoms with E-state index in [0.29, 0.717) is 29.5 Å². The molecule has 0 aliphatic heterocycles. The molecule has 0 aliphatic carbocycles. The normalized spacial score (nSPS) is 10.9. The average molecular weight is 356 g/mol. The van der Waals surface area contributed by atoms with Crippen molar-refractivity contribution < 1.29 is 24.1 Å². The van der Waals surface area contributed by atoms with Gasteiger partial charge in [-0.05, 0) is 65.4 Å². The Kier molecular flexibility index (Phi) is 4.80. The first kappa shape index (κ1) is 17.7. The van der Waals surface area contributed by atoms with Gasteiger partial charge in [0.15, 0.2) is 23.1 Å². The van der Waals surface area contributed by atoms with Crippen LogP contribution in [0.5, 0.6) is 17.2 Å². The van der Waals surface area contributed by atoms with E-state index in [4.69, 9.17) is 0 Å². The molecular weight excluding hydrogens is 338 g/mol. The Bertz CT molecular complexity index is 968. The molecule has 0 unspecified atom stereocenters. The zero-order valence-corrected chi connectivity index (χ0v) is 14.1. The molecule has 3 N–H and O–H groups in total. The Labute approximate surface area is 149 Å². The number of phenolic OH excluding ortho intramolecular Hbond substituents is 3. The predicted octanol–water partition coefficient (Wildman–Crippen LogP) is 4.57. The van der Waals surface area contributed by atoms with Crippen LogP contribution in [0.4, 0.5) is 8.78 Å². The summed E-state index contributed by atoms with van der Waals surface area (Å²) in [5.41, 5.74) is 3.59. The highest BCUT2D eigenvalue weighted by atomic mass is 19.1. The highest BCUT2D eigenvalue weighted by Gasteiger charge is 2.11. The topological polar surface area (TPSA) is 60.7 Å². The van der Waals surface area contributed by atoms with Crippen molar-refractivity contribution >= 4 is 0 Å². The molecule has 0 saturated carbocycles. The first-order valence-electron chi connectivity index (χ1n) is 8.09. The summed E-state index contributed by atoms with van der Waals surface area (Å²) in [6.45, 7) is 1.77. The van der Waals surface area contributed by atoms with Gasteiger partial charge >= 0.3 is 0 Å². The van der Waals surface area contributed by atoms with Crippen molar-refractivity contribution in [1.82, 2.24) is 0 Å². The van der Waals surface area contributed by atoms with Crippen LogP contribution in [0.25, 0.3) is 0 Å². The van der Waals surface area contributed by atoms with Crippen molar-refractivity contribution in [2.75, 3.05) is 0 Å². The van der Waals surface area contributed by atoms with Gasteiger partial charge in [-0.2, -0.15) is 0 Å². The Hall–Kier alpha value is -3.08. The summed E-state index contributed by atoms with van der Waals surface area (Å²) >= 11 is 0. The number of aromatic hydroxyl groups is 3. The van der Waals surface area contributed by atoms with Crippen molar-refractivity contribution in [1.29, 1.82) is 0 Å². The zero-order chi connectivity index (χ0) is 18.8. The fraction of sp³-hybridized carbons (Fsp3) is 0.143. The van der Waals surface area contributed by atoms with E-state index in [9.17, 15) is 24.1 Å². The molecule has 0 fully saturated rings. The largest absolute Gasteiger partial charge is 0.507 e. The molecule has 0 amide bonds. The smallest absolute Gasteiger partial charge is 0.164 e. The summed E-state index contributed by atoms with van der Waals surface area (Å²) in [7, 11) is 0. The van der Waals surface area contributed by atoms with E-state index in [1.165, 1.54) is 24.3 Å². The van der Waals surface area contributed by atoms with Crippen molar-refractivity contribution in [2.45, 2.75) is 19.8 Å². The molecule has 0 heterocycles. The lowest BCUT2D eigenvalue weighted by Gasteiger charge is -2.12. The van der Waals surface area contributed by atoms with Gasteiger partial charge in [0.25, 0.3) is 0 Å². The van der Waals surface area contributed by atoms with E-state index < -0.39 is 23.1 Å². The molecule has 0 radical (unpaired) electrons. The zero-order valence-electron chi connectivity index (χ0n) is 14.1. The lowest BCUT2D eigenvalue weighted by molar-refractivity contribution is 0.431. The van der Waals surface area contributed by atoms with Crippen molar-refractivity contribution in [2.24, 2.45) is 0 Å². The fourth-order valence-corrected chi connectivity index (χ4v) is 2.96. The van der Waals surface area contributed by atoms with Crippen LogP contribution in [0.1, 0.15) is 27.8 Å². The van der Waals surface area contributed by atoms with Crippen LogP contribution in [0.2, 0.25) is 0 Å². The van der Waals surface area contributed by atoms with E-state index in [-0.39, 0.29) is 5.75 Å². The van der Waals surface area contributed by atoms with Gasteiger partial charge in [0.05, 0.1) is 0 Å². The molecule has 0 saturated heterocycles. The van der Waals surface area contributed by atoms with Crippen LogP contribution in [0, 0.1) is 18.6 Å². The number of rotatable bonds is 4. The van der Waals surface area contributed by atoms with Gasteiger partial charge in [-0.1, -0.05) is 24.3 Å². The van der Waals surface area contributed by atoms with E-state index in [2.05, 4.69) is 0 Å². The van der Waals surface area contributed by atoms with Crippen molar-refractivity contribution in [3.05, 3.63) is 88.0 Å². The molecule has 3 aromatic carbocycles. The number of phenols is 3. The van der Waals surface area contributed by atoms with E-state index in [1.807, 2.05) is 12.1 Å². The second-order valence-electron chi connectivity index (χ2n) is 6.35. The van der Waals surface area contributed by atoms with Crippen LogP contribution in [-0.2, 0) is 12.8 Å². The number of aryl methyl sites for hydroxylation is 1. The van der Waals surface area contributed by atoms with Gasteiger partial charge in [-0.15, -0.1) is 0 Å². The molecule has 5 heteroatoms. The SMILES string of the molecule is Cc1cc(Cc2ccc(F)c(O)c2)cc(Cc2ccc(F)c(O)c2)c1O. The summed E-state index contributed by atoms with van der Waals surface area (Å²) in [6.07, 6.45) is 0.777. The minimum atomic E-state index is -0.695. The summed E-state index contributed by atoms with van der Waals surface area (Å²) in [4.78, 5) is 0. The number of hydrogen-bond acceptors (Lipinski definition) is 3. The maximum Gasteiger partial charge on any atom is 0.164 e. The molecule has 0 spiro atoms. The fourth-order valence-electron chi connectivity index (χ4n) is 2.96. The molecule has 0 aliphatic rings. The standard InChI is InChI=1S/C21H18F2O3/c1-12-6-15(7-13-2-4-17(22)19(24)10-13)9-16(21(12)26)8-14-3-5-18(23)20(25)11-14/h2-6,9-11,24-26H,7-8H2,1H3. The molecular formula is C21H18F2O3. The summed E-state index contributed by atoms with van der Waals surface area (Å²) in [6, 6.07) is 11.9. The quantitative estimate of drug-likeness (QED) is 0.642. The Morgan fingerprint density at radius 3 is 1.77 bits per heavy atom. The van der Waals surface area contributed by atoms with Crippen molar-refractivity contribution in [3.63, 3.8) is 0 Å². The van der Waals surface area contributed by atoms with Gasteiger partial charge in [0.1, 0.15) is 5.75 Å². The van der Waals surface area contributed by atoms with Gasteiger partial charge in [0.2, 0.25) is 0 Å². The molecule has 0 aromatic heterocycles. The molecule has 3 aromatic rings. The Morgan fingerprint density at radius 2 is 1.23 bits per heavy atom. The lowest BCUT2D eigenvalue weighted by Crippen LogP contribution is -1.96. The van der Waals surface area contributed by atoms with Gasteiger partial charge in [0, 0.05) is 6.42 Å².